The Balaban J connectivity index is 0. The van der Waals surface area contributed by atoms with Crippen LogP contribution in [0.2, 0.25) is 0 Å². The molecule has 0 spiro atoms. The highest BCUT2D eigenvalue weighted by molar-refractivity contribution is 7.80. The molecular formula is C21H48NO6S+. The molecule has 0 radical (unpaired) electrons. The van der Waals surface area contributed by atoms with E-state index in [1.165, 1.54) is 89.9 Å². The van der Waals surface area contributed by atoms with Crippen LogP contribution in [0.15, 0.2) is 0 Å². The van der Waals surface area contributed by atoms with Gasteiger partial charge in [-0.3, -0.25) is 8.74 Å². The van der Waals surface area contributed by atoms with Crippen LogP contribution in [-0.2, 0) is 14.6 Å². The van der Waals surface area contributed by atoms with Crippen molar-refractivity contribution in [1.29, 1.82) is 0 Å². The highest BCUT2D eigenvalue weighted by atomic mass is 32.3. The van der Waals surface area contributed by atoms with Crippen molar-refractivity contribution in [3.63, 3.8) is 0 Å². The Morgan fingerprint density at radius 1 is 0.655 bits per heavy atom. The van der Waals surface area contributed by atoms with Crippen molar-refractivity contribution in [2.24, 2.45) is 0 Å². The van der Waals surface area contributed by atoms with Crippen LogP contribution in [0.5, 0.6) is 0 Å². The third-order valence-electron chi connectivity index (χ3n) is 5.09. The maximum absolute atomic E-state index is 9.43. The number of unbranched alkanes of at least 4 members (excludes halogenated alkanes) is 15. The van der Waals surface area contributed by atoms with Gasteiger partial charge in [-0.1, -0.05) is 96.8 Å². The topological polar surface area (TPSA) is 104 Å². The van der Waals surface area contributed by atoms with Crippen LogP contribution in [0.3, 0.4) is 0 Å². The summed E-state index contributed by atoms with van der Waals surface area (Å²) < 4.78 is 29.7. The van der Waals surface area contributed by atoms with E-state index in [1.54, 1.807) is 6.92 Å². The van der Waals surface area contributed by atoms with Crippen LogP contribution >= 0.6 is 0 Å². The summed E-state index contributed by atoms with van der Waals surface area (Å²) in [5.41, 5.74) is 0. The second-order valence-corrected chi connectivity index (χ2v) is 9.01. The molecule has 0 unspecified atom stereocenters. The molecule has 0 aliphatic rings. The third kappa shape index (κ3) is 30.0. The van der Waals surface area contributed by atoms with Gasteiger partial charge >= 0.3 is 10.4 Å². The van der Waals surface area contributed by atoms with Gasteiger partial charge in [0.25, 0.3) is 0 Å². The molecule has 0 saturated carbocycles. The zero-order valence-corrected chi connectivity index (χ0v) is 20.0. The summed E-state index contributed by atoms with van der Waals surface area (Å²) in [6, 6.07) is 0. The standard InChI is InChI=1S/C20H44NO2.CH4O4S/c1-3-5-6-7-8-9-10-11-12-13-14-15-16-17-18-19-20-21(22,23)4-2;1-5-6(2,3)4/h22-23H,3-20H2,1-2H3;1H3,(H,2,3,4)/q+1;. The summed E-state index contributed by atoms with van der Waals surface area (Å²) in [6.07, 6.45) is 21.5. The van der Waals surface area contributed by atoms with E-state index in [1.807, 2.05) is 0 Å². The second-order valence-electron chi connectivity index (χ2n) is 7.82. The molecule has 7 nitrogen and oxygen atoms in total. The van der Waals surface area contributed by atoms with E-state index in [-0.39, 0.29) is 0 Å². The Kier molecular flexibility index (Phi) is 22.4. The first-order chi connectivity index (χ1) is 13.7. The second kappa shape index (κ2) is 21.0. The number of nitrogens with zero attached hydrogens (tertiary/aromatic N) is 1. The first-order valence-electron chi connectivity index (χ1n) is 11.5. The predicted molar refractivity (Wildman–Crippen MR) is 117 cm³/mol. The minimum absolute atomic E-state index is 0.374. The lowest BCUT2D eigenvalue weighted by molar-refractivity contribution is -1.24. The minimum Gasteiger partial charge on any atom is -0.264 e. The van der Waals surface area contributed by atoms with Crippen LogP contribution in [0, 0.1) is 0 Å². The quantitative estimate of drug-likeness (QED) is 0.0938. The van der Waals surface area contributed by atoms with Crippen molar-refractivity contribution in [3.05, 3.63) is 0 Å². The highest BCUT2D eigenvalue weighted by Crippen LogP contribution is 2.14. The number of hydrogen-bond acceptors (Lipinski definition) is 5. The summed E-state index contributed by atoms with van der Waals surface area (Å²) in [5.74, 6) is 0. The van der Waals surface area contributed by atoms with Gasteiger partial charge in [-0.05, 0) is 18.2 Å². The molecule has 0 aromatic rings. The largest absolute Gasteiger partial charge is 0.397 e. The van der Waals surface area contributed by atoms with Gasteiger partial charge < -0.3 is 0 Å². The maximum Gasteiger partial charge on any atom is 0.397 e. The summed E-state index contributed by atoms with van der Waals surface area (Å²) in [5, 5.41) is 18.9. The molecule has 29 heavy (non-hydrogen) atoms. The Morgan fingerprint density at radius 3 is 1.17 bits per heavy atom. The summed E-state index contributed by atoms with van der Waals surface area (Å²) in [4.78, 5) is -0.807. The van der Waals surface area contributed by atoms with E-state index in [4.69, 9.17) is 4.55 Å². The molecule has 0 amide bonds. The van der Waals surface area contributed by atoms with Gasteiger partial charge in [0.15, 0.2) is 0 Å². The molecule has 0 atom stereocenters. The molecular weight excluding hydrogens is 394 g/mol. The molecule has 8 heteroatoms. The van der Waals surface area contributed by atoms with Crippen LogP contribution in [-0.4, -0.2) is 48.4 Å². The number of rotatable bonds is 19. The Bertz CT molecular complexity index is 429. The molecule has 3 N–H and O–H groups in total. The molecule has 0 bridgehead atoms. The Labute approximate surface area is 179 Å². The monoisotopic (exact) mass is 442 g/mol. The van der Waals surface area contributed by atoms with Gasteiger partial charge in [0.05, 0.1) is 7.11 Å². The summed E-state index contributed by atoms with van der Waals surface area (Å²) >= 11 is 0. The molecule has 178 valence electrons. The van der Waals surface area contributed by atoms with E-state index in [9.17, 15) is 18.8 Å². The molecule has 0 aromatic carbocycles. The maximum atomic E-state index is 9.43. The molecule has 0 aromatic heterocycles. The fourth-order valence-electron chi connectivity index (χ4n) is 3.07. The van der Waals surface area contributed by atoms with E-state index < -0.39 is 15.2 Å². The SMILES string of the molecule is CCCCCCCCCCCCCCCCCC[N+](O)(O)CC.COS(=O)(=O)O. The first-order valence-corrected chi connectivity index (χ1v) is 12.9. The fourth-order valence-corrected chi connectivity index (χ4v) is 3.07. The molecule has 0 aliphatic heterocycles. The molecule has 0 aliphatic carbocycles. The highest BCUT2D eigenvalue weighted by Gasteiger charge is 2.17. The zero-order chi connectivity index (χ0) is 22.4. The minimum atomic E-state index is -4.16. The fraction of sp³-hybridized carbons (Fsp3) is 1.00. The van der Waals surface area contributed by atoms with E-state index in [0.717, 1.165) is 20.0 Å². The van der Waals surface area contributed by atoms with Gasteiger partial charge in [0, 0.05) is 6.42 Å². The normalized spacial score (nSPS) is 11.9. The molecule has 0 saturated heterocycles. The van der Waals surface area contributed by atoms with Gasteiger partial charge in [-0.25, -0.2) is 0 Å². The zero-order valence-electron chi connectivity index (χ0n) is 19.1. The van der Waals surface area contributed by atoms with Crippen LogP contribution in [0.25, 0.3) is 0 Å². The predicted octanol–water partition coefficient (Wildman–Crippen LogP) is 6.30. The number of hydroxylamine groups is 4. The van der Waals surface area contributed by atoms with Crippen LogP contribution in [0.1, 0.15) is 117 Å². The lowest BCUT2D eigenvalue weighted by atomic mass is 10.0. The van der Waals surface area contributed by atoms with Gasteiger partial charge in [-0.2, -0.15) is 18.8 Å². The van der Waals surface area contributed by atoms with Crippen molar-refractivity contribution in [1.82, 2.24) is 0 Å². The van der Waals surface area contributed by atoms with E-state index >= 15 is 0 Å². The number of quaternary nitrogens is 1. The third-order valence-corrected chi connectivity index (χ3v) is 5.51. The lowest BCUT2D eigenvalue weighted by Gasteiger charge is -2.18. The molecule has 0 heterocycles. The summed E-state index contributed by atoms with van der Waals surface area (Å²) in [7, 11) is -3.29. The van der Waals surface area contributed by atoms with Crippen molar-refractivity contribution >= 4 is 10.4 Å². The van der Waals surface area contributed by atoms with Gasteiger partial charge in [0.2, 0.25) is 0 Å². The van der Waals surface area contributed by atoms with Crippen LogP contribution in [0.4, 0.5) is 0 Å². The lowest BCUT2D eigenvalue weighted by Crippen LogP contribution is -2.41. The summed E-state index contributed by atoms with van der Waals surface area (Å²) in [6.45, 7) is 4.92. The average molecular weight is 443 g/mol. The van der Waals surface area contributed by atoms with Crippen molar-refractivity contribution in [2.45, 2.75) is 117 Å². The van der Waals surface area contributed by atoms with E-state index in [2.05, 4.69) is 11.1 Å². The first kappa shape index (κ1) is 30.9. The Hall–Kier alpha value is -0.250. The van der Waals surface area contributed by atoms with Crippen molar-refractivity contribution in [3.8, 4) is 0 Å². The molecule has 0 rings (SSSR count). The van der Waals surface area contributed by atoms with Gasteiger partial charge in [0.1, 0.15) is 13.1 Å². The van der Waals surface area contributed by atoms with Gasteiger partial charge in [-0.15, -0.1) is 0 Å². The Morgan fingerprint density at radius 2 is 0.931 bits per heavy atom. The van der Waals surface area contributed by atoms with Crippen LogP contribution < -0.4 is 0 Å². The van der Waals surface area contributed by atoms with Crippen molar-refractivity contribution in [2.75, 3.05) is 20.2 Å². The average Bonchev–Trinajstić information content (AvgIpc) is 2.67. The number of hydrogen-bond donors (Lipinski definition) is 3. The van der Waals surface area contributed by atoms with Crippen molar-refractivity contribution < 1.29 is 32.4 Å². The smallest absolute Gasteiger partial charge is 0.264 e. The molecule has 0 fully saturated rings. The van der Waals surface area contributed by atoms with E-state index in [0.29, 0.717) is 13.1 Å².